The average Bonchev–Trinajstić information content (AvgIpc) is 2.95. The summed E-state index contributed by atoms with van der Waals surface area (Å²) in [5.74, 6) is -2.05. The fourth-order valence-corrected chi connectivity index (χ4v) is 3.38. The van der Waals surface area contributed by atoms with Crippen molar-refractivity contribution in [3.05, 3.63) is 107 Å². The fraction of sp³-hybridized carbons (Fsp3) is 0.0455. The highest BCUT2D eigenvalue weighted by Crippen LogP contribution is 2.45. The van der Waals surface area contributed by atoms with Gasteiger partial charge in [-0.15, -0.1) is 0 Å². The highest BCUT2D eigenvalue weighted by Gasteiger charge is 2.42. The number of carbonyl (C=O) groups is 1. The minimum absolute atomic E-state index is 0.248. The van der Waals surface area contributed by atoms with Crippen LogP contribution in [0.25, 0.3) is 5.57 Å². The highest BCUT2D eigenvalue weighted by atomic mass is 19.1. The lowest BCUT2D eigenvalue weighted by Gasteiger charge is -2.27. The third-order valence-electron chi connectivity index (χ3n) is 4.60. The number of amides is 1. The Balaban J connectivity index is 1.94. The second-order valence-electron chi connectivity index (χ2n) is 6.20. The highest BCUT2D eigenvalue weighted by molar-refractivity contribution is 6.15. The van der Waals surface area contributed by atoms with Gasteiger partial charge >= 0.3 is 0 Å². The Morgan fingerprint density at radius 3 is 2.11 bits per heavy atom. The molecule has 0 saturated heterocycles. The Kier molecular flexibility index (Phi) is 4.20. The fourth-order valence-electron chi connectivity index (χ4n) is 3.38. The zero-order valence-electron chi connectivity index (χ0n) is 14.1. The Morgan fingerprint density at radius 2 is 1.44 bits per heavy atom. The Bertz CT molecular complexity index is 1030. The number of aliphatic hydroxyl groups is 1. The van der Waals surface area contributed by atoms with Gasteiger partial charge in [-0.25, -0.2) is 8.78 Å². The lowest BCUT2D eigenvalue weighted by molar-refractivity contribution is -0.117. The minimum Gasteiger partial charge on any atom is -0.503 e. The van der Waals surface area contributed by atoms with Crippen molar-refractivity contribution in [3.8, 4) is 0 Å². The molecule has 0 spiro atoms. The zero-order valence-corrected chi connectivity index (χ0v) is 14.1. The number of anilines is 1. The van der Waals surface area contributed by atoms with Crippen LogP contribution in [0, 0.1) is 11.6 Å². The topological polar surface area (TPSA) is 40.5 Å². The van der Waals surface area contributed by atoms with Gasteiger partial charge < -0.3 is 5.11 Å². The lowest BCUT2D eigenvalue weighted by Crippen LogP contribution is -2.30. The van der Waals surface area contributed by atoms with Gasteiger partial charge in [-0.3, -0.25) is 9.69 Å². The monoisotopic (exact) mass is 363 g/mol. The van der Waals surface area contributed by atoms with Crippen LogP contribution in [0.15, 0.2) is 84.6 Å². The molecule has 1 unspecified atom stereocenters. The molecule has 5 heteroatoms. The molecule has 27 heavy (non-hydrogen) atoms. The van der Waals surface area contributed by atoms with Gasteiger partial charge in [0.05, 0.1) is 6.04 Å². The van der Waals surface area contributed by atoms with E-state index in [0.717, 1.165) is 0 Å². The molecule has 1 aliphatic heterocycles. The van der Waals surface area contributed by atoms with Crippen molar-refractivity contribution in [2.45, 2.75) is 6.04 Å². The van der Waals surface area contributed by atoms with Gasteiger partial charge in [0, 0.05) is 16.8 Å². The van der Waals surface area contributed by atoms with Crippen molar-refractivity contribution < 1.29 is 18.7 Å². The van der Waals surface area contributed by atoms with Crippen LogP contribution >= 0.6 is 0 Å². The molecular formula is C22H15F2NO2. The maximum Gasteiger partial charge on any atom is 0.294 e. The van der Waals surface area contributed by atoms with E-state index in [0.29, 0.717) is 16.8 Å². The minimum atomic E-state index is -0.869. The molecule has 1 N–H and O–H groups in total. The van der Waals surface area contributed by atoms with Crippen LogP contribution in [0.3, 0.4) is 0 Å². The molecule has 3 aromatic carbocycles. The summed E-state index contributed by atoms with van der Waals surface area (Å²) in [4.78, 5) is 14.2. The lowest BCUT2D eigenvalue weighted by atomic mass is 9.93. The maximum absolute atomic E-state index is 14.6. The van der Waals surface area contributed by atoms with Gasteiger partial charge in [0.15, 0.2) is 5.76 Å². The first-order chi connectivity index (χ1) is 13.1. The van der Waals surface area contributed by atoms with E-state index < -0.39 is 29.3 Å². The molecule has 1 amide bonds. The number of nitrogens with zero attached hydrogens (tertiary/aromatic N) is 1. The summed E-state index contributed by atoms with van der Waals surface area (Å²) in [5.41, 5.74) is 1.54. The number of benzene rings is 3. The summed E-state index contributed by atoms with van der Waals surface area (Å²) < 4.78 is 28.0. The molecule has 3 aromatic rings. The van der Waals surface area contributed by atoms with Crippen LogP contribution in [0.2, 0.25) is 0 Å². The van der Waals surface area contributed by atoms with E-state index in [4.69, 9.17) is 0 Å². The standard InChI is InChI=1S/C22H15F2NO2/c23-15-10-12-16(13-11-15)25-20(17-8-4-5-9-18(17)24)19(21(26)22(25)27)14-6-2-1-3-7-14/h1-13,20,26H. The predicted octanol–water partition coefficient (Wildman–Crippen LogP) is 5.02. The second-order valence-corrected chi connectivity index (χ2v) is 6.20. The number of hydrogen-bond acceptors (Lipinski definition) is 2. The third-order valence-corrected chi connectivity index (χ3v) is 4.60. The molecule has 0 bridgehead atoms. The molecular weight excluding hydrogens is 348 g/mol. The quantitative estimate of drug-likeness (QED) is 0.710. The smallest absolute Gasteiger partial charge is 0.294 e. The third kappa shape index (κ3) is 2.87. The van der Waals surface area contributed by atoms with Crippen LogP contribution in [0.1, 0.15) is 17.2 Å². The van der Waals surface area contributed by atoms with E-state index in [1.165, 1.54) is 35.2 Å². The molecule has 0 aromatic heterocycles. The summed E-state index contributed by atoms with van der Waals surface area (Å²) in [6.07, 6.45) is 0. The molecule has 1 heterocycles. The first-order valence-corrected chi connectivity index (χ1v) is 8.40. The van der Waals surface area contributed by atoms with Gasteiger partial charge in [-0.1, -0.05) is 48.5 Å². The number of carbonyl (C=O) groups excluding carboxylic acids is 1. The Hall–Kier alpha value is -3.47. The van der Waals surface area contributed by atoms with E-state index in [1.54, 1.807) is 42.5 Å². The van der Waals surface area contributed by atoms with Gasteiger partial charge in [0.25, 0.3) is 5.91 Å². The molecule has 4 rings (SSSR count). The summed E-state index contributed by atoms with van der Waals surface area (Å²) in [5, 5.41) is 10.6. The first kappa shape index (κ1) is 17.0. The van der Waals surface area contributed by atoms with Crippen LogP contribution < -0.4 is 4.90 Å². The van der Waals surface area contributed by atoms with Gasteiger partial charge in [-0.2, -0.15) is 0 Å². The molecule has 1 aliphatic rings. The van der Waals surface area contributed by atoms with E-state index in [1.807, 2.05) is 6.07 Å². The molecule has 1 atom stereocenters. The molecule has 0 aliphatic carbocycles. The second kappa shape index (κ2) is 6.68. The molecule has 3 nitrogen and oxygen atoms in total. The zero-order chi connectivity index (χ0) is 19.0. The van der Waals surface area contributed by atoms with E-state index >= 15 is 0 Å². The molecule has 0 saturated carbocycles. The van der Waals surface area contributed by atoms with Crippen LogP contribution in [-0.2, 0) is 4.79 Å². The van der Waals surface area contributed by atoms with Crippen molar-refractivity contribution in [3.63, 3.8) is 0 Å². The Labute approximate surface area is 154 Å². The first-order valence-electron chi connectivity index (χ1n) is 8.40. The molecule has 134 valence electrons. The number of aliphatic hydroxyl groups excluding tert-OH is 1. The van der Waals surface area contributed by atoms with Crippen LogP contribution in [-0.4, -0.2) is 11.0 Å². The van der Waals surface area contributed by atoms with Crippen molar-refractivity contribution in [1.29, 1.82) is 0 Å². The van der Waals surface area contributed by atoms with E-state index in [9.17, 15) is 18.7 Å². The van der Waals surface area contributed by atoms with Crippen molar-refractivity contribution in [2.75, 3.05) is 4.90 Å². The van der Waals surface area contributed by atoms with Gasteiger partial charge in [0.1, 0.15) is 11.6 Å². The molecule has 0 radical (unpaired) electrons. The summed E-state index contributed by atoms with van der Waals surface area (Å²) >= 11 is 0. The maximum atomic E-state index is 14.6. The summed E-state index contributed by atoms with van der Waals surface area (Å²) in [6, 6.07) is 19.4. The normalized spacial score (nSPS) is 16.9. The summed E-state index contributed by atoms with van der Waals surface area (Å²) in [6.45, 7) is 0. The SMILES string of the molecule is O=C1C(O)=C(c2ccccc2)C(c2ccccc2F)N1c1ccc(F)cc1. The van der Waals surface area contributed by atoms with E-state index in [-0.39, 0.29) is 5.56 Å². The van der Waals surface area contributed by atoms with Gasteiger partial charge in [-0.05, 0) is 35.9 Å². The van der Waals surface area contributed by atoms with Crippen LogP contribution in [0.5, 0.6) is 0 Å². The number of halogens is 2. The van der Waals surface area contributed by atoms with Gasteiger partial charge in [0.2, 0.25) is 0 Å². The van der Waals surface area contributed by atoms with Crippen molar-refractivity contribution in [1.82, 2.24) is 0 Å². The largest absolute Gasteiger partial charge is 0.503 e. The molecule has 0 fully saturated rings. The average molecular weight is 363 g/mol. The van der Waals surface area contributed by atoms with Crippen LogP contribution in [0.4, 0.5) is 14.5 Å². The number of hydrogen-bond donors (Lipinski definition) is 1. The van der Waals surface area contributed by atoms with Crippen molar-refractivity contribution in [2.24, 2.45) is 0 Å². The Morgan fingerprint density at radius 1 is 0.815 bits per heavy atom. The number of rotatable bonds is 3. The predicted molar refractivity (Wildman–Crippen MR) is 99.0 cm³/mol. The van der Waals surface area contributed by atoms with Crippen molar-refractivity contribution >= 4 is 17.2 Å². The van der Waals surface area contributed by atoms with E-state index in [2.05, 4.69) is 0 Å². The summed E-state index contributed by atoms with van der Waals surface area (Å²) in [7, 11) is 0.